The van der Waals surface area contributed by atoms with Crippen LogP contribution in [0.4, 0.5) is 5.69 Å². The second-order valence-corrected chi connectivity index (χ2v) is 8.74. The van der Waals surface area contributed by atoms with E-state index in [1.807, 2.05) is 66.6 Å². The van der Waals surface area contributed by atoms with Crippen LogP contribution < -0.4 is 4.90 Å². The van der Waals surface area contributed by atoms with Crippen LogP contribution in [0.5, 0.6) is 0 Å². The highest BCUT2D eigenvalue weighted by Crippen LogP contribution is 2.43. The van der Waals surface area contributed by atoms with Crippen molar-refractivity contribution in [2.75, 3.05) is 4.90 Å². The van der Waals surface area contributed by atoms with Gasteiger partial charge in [-0.05, 0) is 63.9 Å². The van der Waals surface area contributed by atoms with Gasteiger partial charge in [-0.2, -0.15) is 0 Å². The third-order valence-corrected chi connectivity index (χ3v) is 6.14. The number of carbonyl (C=O) groups excluding carboxylic acids is 1. The minimum atomic E-state index is -0.308. The molecule has 4 aromatic rings. The van der Waals surface area contributed by atoms with Gasteiger partial charge in [-0.25, -0.2) is 4.98 Å². The highest BCUT2D eigenvalue weighted by molar-refractivity contribution is 6.30. The molecule has 3 aromatic heterocycles. The highest BCUT2D eigenvalue weighted by atomic mass is 35.5. The Kier molecular flexibility index (Phi) is 4.41. The predicted octanol–water partition coefficient (Wildman–Crippen LogP) is 4.84. The van der Waals surface area contributed by atoms with Crippen LogP contribution in [0.15, 0.2) is 36.5 Å². The molecule has 8 heteroatoms. The minimum Gasteiger partial charge on any atom is -0.327 e. The normalized spacial score (nSPS) is 16.0. The summed E-state index contributed by atoms with van der Waals surface area (Å²) in [6, 6.07) is 9.52. The number of rotatable bonds is 3. The minimum absolute atomic E-state index is 0.109. The molecule has 1 aromatic carbocycles. The number of carbonyl (C=O) groups is 1. The van der Waals surface area contributed by atoms with Gasteiger partial charge in [-0.1, -0.05) is 23.7 Å². The van der Waals surface area contributed by atoms with E-state index < -0.39 is 0 Å². The fourth-order valence-electron chi connectivity index (χ4n) is 4.58. The molecule has 1 aliphatic rings. The fraction of sp³-hybridized carbons (Fsp3) is 0.304. The van der Waals surface area contributed by atoms with Crippen LogP contribution in [0.1, 0.15) is 64.9 Å². The van der Waals surface area contributed by atoms with E-state index in [1.54, 1.807) is 0 Å². The molecule has 0 aliphatic carbocycles. The fourth-order valence-corrected chi connectivity index (χ4v) is 4.71. The van der Waals surface area contributed by atoms with Crippen molar-refractivity contribution in [3.8, 4) is 0 Å². The summed E-state index contributed by atoms with van der Waals surface area (Å²) in [6.45, 7) is 10.0. The molecule has 1 amide bonds. The number of amides is 1. The van der Waals surface area contributed by atoms with Crippen molar-refractivity contribution < 1.29 is 4.79 Å². The van der Waals surface area contributed by atoms with Gasteiger partial charge in [0.15, 0.2) is 11.3 Å². The second-order valence-electron chi connectivity index (χ2n) is 8.31. The van der Waals surface area contributed by atoms with Crippen LogP contribution in [0.25, 0.3) is 5.65 Å². The van der Waals surface area contributed by atoms with Gasteiger partial charge < -0.3 is 4.57 Å². The monoisotopic (exact) mass is 434 g/mol. The molecule has 5 rings (SSSR count). The van der Waals surface area contributed by atoms with E-state index in [1.165, 1.54) is 0 Å². The molecule has 0 saturated heterocycles. The maximum absolute atomic E-state index is 13.7. The zero-order valence-electron chi connectivity index (χ0n) is 18.1. The molecule has 1 aliphatic heterocycles. The average molecular weight is 435 g/mol. The third-order valence-electron chi connectivity index (χ3n) is 5.89. The molecule has 0 unspecified atom stereocenters. The molecule has 0 bridgehead atoms. The number of hydrogen-bond donors (Lipinski definition) is 0. The number of pyridine rings is 1. The Morgan fingerprint density at radius 2 is 1.74 bits per heavy atom. The van der Waals surface area contributed by atoms with E-state index in [4.69, 9.17) is 11.6 Å². The molecular weight excluding hydrogens is 412 g/mol. The first-order valence-corrected chi connectivity index (χ1v) is 10.7. The Morgan fingerprint density at radius 3 is 2.42 bits per heavy atom. The predicted molar refractivity (Wildman–Crippen MR) is 120 cm³/mol. The van der Waals surface area contributed by atoms with E-state index in [9.17, 15) is 4.79 Å². The van der Waals surface area contributed by atoms with Crippen molar-refractivity contribution in [2.45, 2.75) is 46.7 Å². The molecular formula is C23H23ClN6O. The van der Waals surface area contributed by atoms with E-state index in [0.717, 1.165) is 39.8 Å². The molecule has 4 heterocycles. The average Bonchev–Trinajstić information content (AvgIpc) is 3.34. The number of aromatic nitrogens is 5. The molecule has 0 fully saturated rings. The first-order chi connectivity index (χ1) is 14.8. The van der Waals surface area contributed by atoms with Crippen molar-refractivity contribution in [3.05, 3.63) is 75.7 Å². The lowest BCUT2D eigenvalue weighted by molar-refractivity contribution is 0.0989. The number of fused-ring (bicyclic) bond motifs is 2. The summed E-state index contributed by atoms with van der Waals surface area (Å²) < 4.78 is 4.08. The van der Waals surface area contributed by atoms with E-state index in [0.29, 0.717) is 10.7 Å². The van der Waals surface area contributed by atoms with Crippen molar-refractivity contribution in [1.29, 1.82) is 0 Å². The smallest absolute Gasteiger partial charge is 0.279 e. The van der Waals surface area contributed by atoms with Crippen LogP contribution in [0.2, 0.25) is 5.02 Å². The van der Waals surface area contributed by atoms with Crippen LogP contribution in [-0.4, -0.2) is 30.1 Å². The molecule has 7 nitrogen and oxygen atoms in total. The molecule has 158 valence electrons. The Hall–Kier alpha value is -3.19. The summed E-state index contributed by atoms with van der Waals surface area (Å²) in [5, 5.41) is 9.09. The van der Waals surface area contributed by atoms with Gasteiger partial charge >= 0.3 is 0 Å². The Morgan fingerprint density at radius 1 is 1.03 bits per heavy atom. The van der Waals surface area contributed by atoms with Crippen molar-refractivity contribution in [3.63, 3.8) is 0 Å². The maximum atomic E-state index is 13.7. The number of hydrogen-bond acceptors (Lipinski definition) is 4. The van der Waals surface area contributed by atoms with Gasteiger partial charge in [0.1, 0.15) is 17.7 Å². The van der Waals surface area contributed by atoms with Crippen LogP contribution in [0, 0.1) is 20.8 Å². The van der Waals surface area contributed by atoms with Gasteiger partial charge in [-0.15, -0.1) is 10.2 Å². The van der Waals surface area contributed by atoms with Crippen molar-refractivity contribution in [2.24, 2.45) is 0 Å². The number of halogens is 1. The van der Waals surface area contributed by atoms with Gasteiger partial charge in [0.25, 0.3) is 5.91 Å². The Labute approximate surface area is 185 Å². The van der Waals surface area contributed by atoms with Gasteiger partial charge in [-0.3, -0.25) is 14.1 Å². The Balaban J connectivity index is 1.77. The maximum Gasteiger partial charge on any atom is 0.279 e. The number of benzene rings is 1. The lowest BCUT2D eigenvalue weighted by atomic mass is 10.0. The summed E-state index contributed by atoms with van der Waals surface area (Å²) in [5.74, 6) is 1.50. The van der Waals surface area contributed by atoms with Crippen LogP contribution >= 0.6 is 11.6 Å². The van der Waals surface area contributed by atoms with Gasteiger partial charge in [0.2, 0.25) is 0 Å². The first-order valence-electron chi connectivity index (χ1n) is 10.3. The molecule has 0 saturated carbocycles. The molecule has 0 spiro atoms. The summed E-state index contributed by atoms with van der Waals surface area (Å²) >= 11 is 6.16. The molecule has 0 N–H and O–H groups in total. The van der Waals surface area contributed by atoms with Gasteiger partial charge in [0.05, 0.1) is 11.4 Å². The van der Waals surface area contributed by atoms with E-state index in [-0.39, 0.29) is 18.0 Å². The van der Waals surface area contributed by atoms with Crippen molar-refractivity contribution >= 4 is 28.8 Å². The topological polar surface area (TPSA) is 68.3 Å². The third kappa shape index (κ3) is 2.87. The number of nitrogens with zero attached hydrogens (tertiary/aromatic N) is 6. The molecule has 0 radical (unpaired) electrons. The summed E-state index contributed by atoms with van der Waals surface area (Å²) in [4.78, 5) is 20.2. The van der Waals surface area contributed by atoms with Crippen molar-refractivity contribution in [1.82, 2.24) is 24.1 Å². The number of aryl methyl sites for hydroxylation is 3. The number of anilines is 1. The Bertz CT molecular complexity index is 1330. The zero-order chi connectivity index (χ0) is 22.0. The van der Waals surface area contributed by atoms with Crippen LogP contribution in [0.3, 0.4) is 0 Å². The second kappa shape index (κ2) is 6.92. The molecule has 1 atom stereocenters. The quantitative estimate of drug-likeness (QED) is 0.463. The summed E-state index contributed by atoms with van der Waals surface area (Å²) in [6.07, 6.45) is 1.93. The van der Waals surface area contributed by atoms with E-state index in [2.05, 4.69) is 33.6 Å². The SMILES string of the molecule is Cc1cc(N2C(=O)c3nc(C)n(C(C)C)c3[C@@H]2c2ccc(Cl)cc2)cn2c(C)nnc12. The van der Waals surface area contributed by atoms with E-state index >= 15 is 0 Å². The summed E-state index contributed by atoms with van der Waals surface area (Å²) in [7, 11) is 0. The highest BCUT2D eigenvalue weighted by Gasteiger charge is 2.44. The van der Waals surface area contributed by atoms with Gasteiger partial charge in [0, 0.05) is 17.3 Å². The molecule has 31 heavy (non-hydrogen) atoms. The first kappa shape index (κ1) is 19.8. The lowest BCUT2D eigenvalue weighted by Gasteiger charge is -2.28. The standard InChI is InChI=1S/C23H23ClN6O/c1-12(2)29-14(4)25-19-21(29)20(16-6-8-17(24)9-7-16)30(23(19)31)18-10-13(3)22-27-26-15(5)28(22)11-18/h6-12,20H,1-5H3/t20-/m0/s1. The summed E-state index contributed by atoms with van der Waals surface area (Å²) in [5.41, 5.74) is 4.92. The number of imidazole rings is 1. The largest absolute Gasteiger partial charge is 0.327 e. The zero-order valence-corrected chi connectivity index (χ0v) is 18.8. The lowest BCUT2D eigenvalue weighted by Crippen LogP contribution is -2.30. The van der Waals surface area contributed by atoms with Crippen LogP contribution in [-0.2, 0) is 0 Å².